The van der Waals surface area contributed by atoms with Crippen molar-refractivity contribution in [3.63, 3.8) is 0 Å². The van der Waals surface area contributed by atoms with E-state index in [-0.39, 0.29) is 24.2 Å². The van der Waals surface area contributed by atoms with Crippen LogP contribution in [0.2, 0.25) is 0 Å². The molecule has 2 N–H and O–H groups in total. The molecule has 30 heavy (non-hydrogen) atoms. The van der Waals surface area contributed by atoms with Crippen LogP contribution in [-0.2, 0) is 16.0 Å². The van der Waals surface area contributed by atoms with Crippen molar-refractivity contribution in [3.8, 4) is 5.75 Å². The predicted octanol–water partition coefficient (Wildman–Crippen LogP) is 2.42. The number of nitrogens with two attached hydrogens (primary N) is 1. The monoisotopic (exact) mass is 431 g/mol. The molecular weight excluding hydrogens is 402 g/mol. The van der Waals surface area contributed by atoms with Crippen LogP contribution in [0.5, 0.6) is 5.75 Å². The second-order valence-corrected chi connectivity index (χ2v) is 7.47. The number of para-hydroxylation sites is 1. The Morgan fingerprint density at radius 2 is 1.47 bits per heavy atom. The quantitative estimate of drug-likeness (QED) is 0.762. The fourth-order valence-electron chi connectivity index (χ4n) is 3.52. The van der Waals surface area contributed by atoms with E-state index < -0.39 is 12.1 Å². The molecule has 3 rings (SSSR count). The van der Waals surface area contributed by atoms with Crippen LogP contribution in [0.25, 0.3) is 0 Å². The lowest BCUT2D eigenvalue weighted by Crippen LogP contribution is -2.56. The number of benzene rings is 2. The predicted molar refractivity (Wildman–Crippen MR) is 120 cm³/mol. The minimum Gasteiger partial charge on any atom is -0.481 e. The number of amides is 2. The molecule has 1 unspecified atom stereocenters. The van der Waals surface area contributed by atoms with E-state index in [1.54, 1.807) is 16.7 Å². The lowest BCUT2D eigenvalue weighted by Gasteiger charge is -2.37. The minimum atomic E-state index is -0.571. The third-order valence-electron chi connectivity index (χ3n) is 5.26. The van der Waals surface area contributed by atoms with E-state index in [9.17, 15) is 9.59 Å². The molecule has 0 aliphatic carbocycles. The summed E-state index contributed by atoms with van der Waals surface area (Å²) < 4.78 is 5.85. The van der Waals surface area contributed by atoms with Gasteiger partial charge in [0.2, 0.25) is 5.91 Å². The number of nitrogens with zero attached hydrogens (tertiary/aromatic N) is 2. The van der Waals surface area contributed by atoms with Gasteiger partial charge in [0.15, 0.2) is 6.10 Å². The molecule has 0 bridgehead atoms. The summed E-state index contributed by atoms with van der Waals surface area (Å²) in [6, 6.07) is 16.8. The van der Waals surface area contributed by atoms with Crippen molar-refractivity contribution in [1.82, 2.24) is 9.80 Å². The number of aryl methyl sites for hydroxylation is 1. The van der Waals surface area contributed by atoms with Gasteiger partial charge in [0.1, 0.15) is 5.75 Å². The molecule has 1 saturated heterocycles. The number of piperazine rings is 1. The van der Waals surface area contributed by atoms with Gasteiger partial charge >= 0.3 is 0 Å². The number of hydrogen-bond acceptors (Lipinski definition) is 4. The number of hydrogen-bond donors (Lipinski definition) is 1. The van der Waals surface area contributed by atoms with E-state index in [1.165, 1.54) is 0 Å². The number of ether oxygens (including phenoxy) is 1. The highest BCUT2D eigenvalue weighted by Gasteiger charge is 2.29. The summed E-state index contributed by atoms with van der Waals surface area (Å²) >= 11 is 0. The van der Waals surface area contributed by atoms with Crippen molar-refractivity contribution in [2.75, 3.05) is 26.2 Å². The maximum absolute atomic E-state index is 12.7. The molecule has 6 nitrogen and oxygen atoms in total. The second kappa shape index (κ2) is 11.0. The molecule has 2 aromatic rings. The minimum absolute atomic E-state index is 0. The summed E-state index contributed by atoms with van der Waals surface area (Å²) in [5.41, 5.74) is 8.17. The summed E-state index contributed by atoms with van der Waals surface area (Å²) in [5, 5.41) is 0. The van der Waals surface area contributed by atoms with Crippen LogP contribution < -0.4 is 10.5 Å². The fourth-order valence-corrected chi connectivity index (χ4v) is 3.52. The molecule has 7 heteroatoms. The summed E-state index contributed by atoms with van der Waals surface area (Å²) in [5.74, 6) is 0.591. The van der Waals surface area contributed by atoms with Crippen LogP contribution in [0.3, 0.4) is 0 Å². The van der Waals surface area contributed by atoms with Gasteiger partial charge < -0.3 is 20.3 Å². The maximum atomic E-state index is 12.7. The molecule has 2 aromatic carbocycles. The third-order valence-corrected chi connectivity index (χ3v) is 5.26. The zero-order chi connectivity index (χ0) is 20.8. The highest BCUT2D eigenvalue weighted by Crippen LogP contribution is 2.19. The molecule has 2 amide bonds. The van der Waals surface area contributed by atoms with Gasteiger partial charge in [0.05, 0.1) is 6.04 Å². The molecule has 0 radical (unpaired) electrons. The Labute approximate surface area is 184 Å². The maximum Gasteiger partial charge on any atom is 0.263 e. The van der Waals surface area contributed by atoms with Crippen molar-refractivity contribution in [2.45, 2.75) is 32.4 Å². The largest absolute Gasteiger partial charge is 0.481 e. The van der Waals surface area contributed by atoms with Crippen LogP contribution in [0.1, 0.15) is 18.1 Å². The fraction of sp³-hybridized carbons (Fsp3) is 0.391. The Hall–Kier alpha value is -2.57. The number of halogens is 1. The normalized spacial score (nSPS) is 15.7. The molecule has 0 spiro atoms. The van der Waals surface area contributed by atoms with E-state index in [2.05, 4.69) is 0 Å². The smallest absolute Gasteiger partial charge is 0.263 e. The van der Waals surface area contributed by atoms with E-state index in [0.717, 1.165) is 11.1 Å². The summed E-state index contributed by atoms with van der Waals surface area (Å²) in [6.07, 6.45) is -0.0567. The van der Waals surface area contributed by atoms with Crippen LogP contribution in [-0.4, -0.2) is 59.9 Å². The van der Waals surface area contributed by atoms with Crippen molar-refractivity contribution in [1.29, 1.82) is 0 Å². The van der Waals surface area contributed by atoms with Crippen molar-refractivity contribution in [2.24, 2.45) is 5.73 Å². The van der Waals surface area contributed by atoms with Crippen molar-refractivity contribution < 1.29 is 14.3 Å². The molecule has 1 fully saturated rings. The lowest BCUT2D eigenvalue weighted by molar-refractivity contribution is -0.144. The van der Waals surface area contributed by atoms with E-state index in [0.29, 0.717) is 38.3 Å². The van der Waals surface area contributed by atoms with Crippen LogP contribution in [0.4, 0.5) is 0 Å². The van der Waals surface area contributed by atoms with E-state index in [4.69, 9.17) is 10.5 Å². The highest BCUT2D eigenvalue weighted by molar-refractivity contribution is 5.85. The zero-order valence-corrected chi connectivity index (χ0v) is 18.3. The van der Waals surface area contributed by atoms with Gasteiger partial charge in [0, 0.05) is 26.2 Å². The van der Waals surface area contributed by atoms with Gasteiger partial charge in [-0.25, -0.2) is 0 Å². The van der Waals surface area contributed by atoms with Crippen molar-refractivity contribution >= 4 is 24.2 Å². The molecule has 162 valence electrons. The van der Waals surface area contributed by atoms with E-state index >= 15 is 0 Å². The summed E-state index contributed by atoms with van der Waals surface area (Å²) in [4.78, 5) is 28.9. The summed E-state index contributed by atoms with van der Waals surface area (Å²) in [6.45, 7) is 5.68. The van der Waals surface area contributed by atoms with Gasteiger partial charge in [-0.3, -0.25) is 9.59 Å². The number of carbonyl (C=O) groups is 2. The third kappa shape index (κ3) is 5.97. The topological polar surface area (TPSA) is 75.9 Å². The zero-order valence-electron chi connectivity index (χ0n) is 17.5. The Morgan fingerprint density at radius 3 is 2.07 bits per heavy atom. The molecule has 0 aromatic heterocycles. The SMILES string of the molecule is Cc1ccccc1OC(C)C(=O)N1CCN(C(=O)[C@@H](N)Cc2ccccc2)CC1.Cl. The first kappa shape index (κ1) is 23.7. The molecule has 0 saturated carbocycles. The second-order valence-electron chi connectivity index (χ2n) is 7.47. The van der Waals surface area contributed by atoms with Crippen LogP contribution >= 0.6 is 12.4 Å². The Morgan fingerprint density at radius 1 is 0.933 bits per heavy atom. The van der Waals surface area contributed by atoms with Gasteiger partial charge in [-0.1, -0.05) is 48.5 Å². The average molecular weight is 432 g/mol. The van der Waals surface area contributed by atoms with Gasteiger partial charge in [-0.2, -0.15) is 0 Å². The van der Waals surface area contributed by atoms with Gasteiger partial charge in [0.25, 0.3) is 5.91 Å². The first-order valence-electron chi connectivity index (χ1n) is 10.0. The lowest BCUT2D eigenvalue weighted by atomic mass is 10.1. The first-order valence-corrected chi connectivity index (χ1v) is 10.0. The average Bonchev–Trinajstić information content (AvgIpc) is 2.75. The Bertz CT molecular complexity index is 839. The number of carbonyl (C=O) groups excluding carboxylic acids is 2. The van der Waals surface area contributed by atoms with Crippen LogP contribution in [0, 0.1) is 6.92 Å². The summed E-state index contributed by atoms with van der Waals surface area (Å²) in [7, 11) is 0. The van der Waals surface area contributed by atoms with Crippen molar-refractivity contribution in [3.05, 3.63) is 65.7 Å². The standard InChI is InChI=1S/C23H29N3O3.ClH/c1-17-8-6-7-11-21(17)29-18(2)22(27)25-12-14-26(15-13-25)23(28)20(24)16-19-9-4-3-5-10-19;/h3-11,18,20H,12-16,24H2,1-2H3;1H/t18?,20-;/m0./s1. The molecule has 2 atom stereocenters. The highest BCUT2D eigenvalue weighted by atomic mass is 35.5. The number of rotatable bonds is 6. The van der Waals surface area contributed by atoms with Crippen LogP contribution in [0.15, 0.2) is 54.6 Å². The van der Waals surface area contributed by atoms with Gasteiger partial charge in [-0.15, -0.1) is 12.4 Å². The Kier molecular flexibility index (Phi) is 8.69. The molecule has 1 heterocycles. The first-order chi connectivity index (χ1) is 14.0. The molecular formula is C23H30ClN3O3. The Balaban J connectivity index is 0.00000320. The van der Waals surface area contributed by atoms with E-state index in [1.807, 2.05) is 61.5 Å². The molecule has 1 aliphatic heterocycles. The van der Waals surface area contributed by atoms with Gasteiger partial charge in [-0.05, 0) is 37.5 Å². The molecule has 1 aliphatic rings.